The van der Waals surface area contributed by atoms with E-state index in [4.69, 9.17) is 9.47 Å². The minimum absolute atomic E-state index is 0.0487. The van der Waals surface area contributed by atoms with Crippen molar-refractivity contribution in [3.63, 3.8) is 0 Å². The Morgan fingerprint density at radius 2 is 2.12 bits per heavy atom. The summed E-state index contributed by atoms with van der Waals surface area (Å²) >= 11 is 3.34. The Labute approximate surface area is 144 Å². The highest BCUT2D eigenvalue weighted by atomic mass is 79.9. The molecule has 0 saturated carbocycles. The molecule has 0 spiro atoms. The minimum atomic E-state index is -0.512. The van der Waals surface area contributed by atoms with E-state index in [1.807, 2.05) is 0 Å². The van der Waals surface area contributed by atoms with Gasteiger partial charge in [0, 0.05) is 18.5 Å². The van der Waals surface area contributed by atoms with Crippen LogP contribution in [0.3, 0.4) is 0 Å². The lowest BCUT2D eigenvalue weighted by molar-refractivity contribution is 0.102. The van der Waals surface area contributed by atoms with Crippen molar-refractivity contribution in [2.75, 3.05) is 12.1 Å². The molecule has 0 aliphatic carbocycles. The van der Waals surface area contributed by atoms with Gasteiger partial charge in [-0.25, -0.2) is 9.37 Å². The number of aromatic nitrogens is 2. The Morgan fingerprint density at radius 3 is 2.96 bits per heavy atom. The molecular formula is C16H11BrFN3O3. The maximum absolute atomic E-state index is 14.1. The number of carbonyl (C=O) groups is 1. The van der Waals surface area contributed by atoms with Gasteiger partial charge in [-0.1, -0.05) is 0 Å². The summed E-state index contributed by atoms with van der Waals surface area (Å²) in [6.45, 7) is 1.82. The van der Waals surface area contributed by atoms with Crippen LogP contribution in [-0.2, 0) is 0 Å². The summed E-state index contributed by atoms with van der Waals surface area (Å²) in [6, 6.07) is 4.55. The molecule has 1 aromatic carbocycles. The lowest BCUT2D eigenvalue weighted by atomic mass is 10.1. The standard InChI is InChI=1S/C16H11BrFN3O3/c1-8-5-21-6-9(4-12(18)15(21)19-8)20-16(22)10-2-3-11(17)14-13(10)23-7-24-14/h2-6H,7H2,1H3,(H,20,22). The predicted molar refractivity (Wildman–Crippen MR) is 88.1 cm³/mol. The monoisotopic (exact) mass is 391 g/mol. The molecular weight excluding hydrogens is 381 g/mol. The van der Waals surface area contributed by atoms with E-state index < -0.39 is 11.7 Å². The zero-order valence-electron chi connectivity index (χ0n) is 12.5. The molecule has 0 saturated heterocycles. The van der Waals surface area contributed by atoms with Crippen molar-refractivity contribution in [1.29, 1.82) is 0 Å². The van der Waals surface area contributed by atoms with Crippen LogP contribution in [0.1, 0.15) is 16.1 Å². The molecule has 1 amide bonds. The lowest BCUT2D eigenvalue weighted by Gasteiger charge is -2.09. The molecule has 0 bridgehead atoms. The summed E-state index contributed by atoms with van der Waals surface area (Å²) < 4.78 is 27.0. The van der Waals surface area contributed by atoms with Gasteiger partial charge in [-0.15, -0.1) is 0 Å². The second kappa shape index (κ2) is 5.48. The fourth-order valence-electron chi connectivity index (χ4n) is 2.59. The van der Waals surface area contributed by atoms with Crippen LogP contribution in [0.2, 0.25) is 0 Å². The third kappa shape index (κ3) is 2.39. The first kappa shape index (κ1) is 14.9. The molecule has 0 atom stereocenters. The molecule has 0 unspecified atom stereocenters. The van der Waals surface area contributed by atoms with Gasteiger partial charge in [-0.05, 0) is 35.0 Å². The summed E-state index contributed by atoms with van der Waals surface area (Å²) in [7, 11) is 0. The third-order valence-electron chi connectivity index (χ3n) is 3.60. The highest BCUT2D eigenvalue weighted by Gasteiger charge is 2.25. The number of ether oxygens (including phenoxy) is 2. The van der Waals surface area contributed by atoms with E-state index >= 15 is 0 Å². The van der Waals surface area contributed by atoms with Crippen molar-refractivity contribution >= 4 is 33.2 Å². The highest BCUT2D eigenvalue weighted by molar-refractivity contribution is 9.10. The van der Waals surface area contributed by atoms with E-state index in [1.54, 1.807) is 31.5 Å². The summed E-state index contributed by atoms with van der Waals surface area (Å²) in [4.78, 5) is 16.6. The van der Waals surface area contributed by atoms with E-state index in [0.717, 1.165) is 0 Å². The second-order valence-corrected chi connectivity index (χ2v) is 6.16. The van der Waals surface area contributed by atoms with Crippen molar-refractivity contribution < 1.29 is 18.7 Å². The van der Waals surface area contributed by atoms with Crippen molar-refractivity contribution in [3.8, 4) is 11.5 Å². The summed E-state index contributed by atoms with van der Waals surface area (Å²) in [6.07, 6.45) is 3.29. The number of rotatable bonds is 2. The SMILES string of the molecule is Cc1cn2cc(NC(=O)c3ccc(Br)c4c3OCO4)cc(F)c2n1. The Kier molecular flexibility index (Phi) is 3.42. The number of carbonyl (C=O) groups excluding carboxylic acids is 1. The van der Waals surface area contributed by atoms with E-state index in [0.29, 0.717) is 32.9 Å². The van der Waals surface area contributed by atoms with Gasteiger partial charge in [0.05, 0.1) is 21.4 Å². The molecule has 1 aliphatic rings. The van der Waals surface area contributed by atoms with Gasteiger partial charge in [0.15, 0.2) is 23.0 Å². The molecule has 4 rings (SSSR count). The number of halogens is 2. The van der Waals surface area contributed by atoms with Crippen LogP contribution in [0.4, 0.5) is 10.1 Å². The predicted octanol–water partition coefficient (Wildman–Crippen LogP) is 3.53. The Bertz CT molecular complexity index is 986. The van der Waals surface area contributed by atoms with Gasteiger partial charge in [-0.2, -0.15) is 0 Å². The molecule has 0 radical (unpaired) electrons. The van der Waals surface area contributed by atoms with E-state index in [2.05, 4.69) is 26.2 Å². The van der Waals surface area contributed by atoms with E-state index in [-0.39, 0.29) is 12.4 Å². The van der Waals surface area contributed by atoms with Gasteiger partial charge in [0.1, 0.15) is 0 Å². The number of benzene rings is 1. The molecule has 8 heteroatoms. The average Bonchev–Trinajstić information content (AvgIpc) is 3.14. The zero-order chi connectivity index (χ0) is 16.8. The van der Waals surface area contributed by atoms with Crippen LogP contribution >= 0.6 is 15.9 Å². The fourth-order valence-corrected chi connectivity index (χ4v) is 3.02. The number of hydrogen-bond donors (Lipinski definition) is 1. The van der Waals surface area contributed by atoms with Crippen molar-refractivity contribution in [3.05, 3.63) is 52.1 Å². The molecule has 3 heterocycles. The molecule has 1 aliphatic heterocycles. The second-order valence-electron chi connectivity index (χ2n) is 5.30. The largest absolute Gasteiger partial charge is 0.453 e. The number of pyridine rings is 1. The zero-order valence-corrected chi connectivity index (χ0v) is 14.1. The first-order valence-electron chi connectivity index (χ1n) is 7.07. The van der Waals surface area contributed by atoms with Gasteiger partial charge in [0.2, 0.25) is 6.79 Å². The highest BCUT2D eigenvalue weighted by Crippen LogP contribution is 2.41. The van der Waals surface area contributed by atoms with Crippen LogP contribution in [-0.4, -0.2) is 22.1 Å². The Hall–Kier alpha value is -2.61. The number of hydrogen-bond acceptors (Lipinski definition) is 4. The number of amides is 1. The van der Waals surface area contributed by atoms with Gasteiger partial charge in [0.25, 0.3) is 5.91 Å². The van der Waals surface area contributed by atoms with Crippen molar-refractivity contribution in [2.45, 2.75) is 6.92 Å². The van der Waals surface area contributed by atoms with Gasteiger partial charge < -0.3 is 19.2 Å². The quantitative estimate of drug-likeness (QED) is 0.725. The maximum atomic E-state index is 14.1. The molecule has 3 aromatic rings. The number of fused-ring (bicyclic) bond motifs is 2. The normalized spacial score (nSPS) is 12.6. The van der Waals surface area contributed by atoms with Crippen LogP contribution in [0.5, 0.6) is 11.5 Å². The Balaban J connectivity index is 1.69. The van der Waals surface area contributed by atoms with Crippen LogP contribution in [0.15, 0.2) is 35.1 Å². The molecule has 0 fully saturated rings. The molecule has 6 nitrogen and oxygen atoms in total. The van der Waals surface area contributed by atoms with Gasteiger partial charge in [-0.3, -0.25) is 4.79 Å². The number of nitrogens with zero attached hydrogens (tertiary/aromatic N) is 2. The lowest BCUT2D eigenvalue weighted by Crippen LogP contribution is -2.13. The number of imidazole rings is 1. The topological polar surface area (TPSA) is 64.9 Å². The molecule has 122 valence electrons. The average molecular weight is 392 g/mol. The number of nitrogens with one attached hydrogen (secondary N) is 1. The third-order valence-corrected chi connectivity index (χ3v) is 4.22. The minimum Gasteiger partial charge on any atom is -0.453 e. The van der Waals surface area contributed by atoms with Crippen LogP contribution in [0.25, 0.3) is 5.65 Å². The van der Waals surface area contributed by atoms with Crippen LogP contribution in [0, 0.1) is 12.7 Å². The van der Waals surface area contributed by atoms with Crippen molar-refractivity contribution in [1.82, 2.24) is 9.38 Å². The smallest absolute Gasteiger partial charge is 0.259 e. The van der Waals surface area contributed by atoms with E-state index in [9.17, 15) is 9.18 Å². The summed E-state index contributed by atoms with van der Waals surface area (Å²) in [5.74, 6) is -0.0854. The number of anilines is 1. The molecule has 24 heavy (non-hydrogen) atoms. The maximum Gasteiger partial charge on any atom is 0.259 e. The molecule has 1 N–H and O–H groups in total. The molecule has 2 aromatic heterocycles. The van der Waals surface area contributed by atoms with Gasteiger partial charge >= 0.3 is 0 Å². The summed E-state index contributed by atoms with van der Waals surface area (Å²) in [5.41, 5.74) is 1.53. The first-order chi connectivity index (χ1) is 11.5. The number of aryl methyl sites for hydroxylation is 1. The van der Waals surface area contributed by atoms with Crippen molar-refractivity contribution in [2.24, 2.45) is 0 Å². The first-order valence-corrected chi connectivity index (χ1v) is 7.86. The van der Waals surface area contributed by atoms with Crippen LogP contribution < -0.4 is 14.8 Å². The Morgan fingerprint density at radius 1 is 1.33 bits per heavy atom. The summed E-state index contributed by atoms with van der Waals surface area (Å²) in [5, 5.41) is 2.67. The van der Waals surface area contributed by atoms with E-state index in [1.165, 1.54) is 10.5 Å². The fraction of sp³-hybridized carbons (Fsp3) is 0.125.